The van der Waals surface area contributed by atoms with Gasteiger partial charge in [-0.05, 0) is 43.0 Å². The Balaban J connectivity index is 1.72. The number of hydrogen-bond acceptors (Lipinski definition) is 4. The molecule has 1 heterocycles. The number of carbonyl (C=O) groups excluding carboxylic acids is 1. The van der Waals surface area contributed by atoms with Crippen LogP contribution in [0.5, 0.6) is 5.75 Å². The lowest BCUT2D eigenvalue weighted by atomic mass is 9.92. The number of carbonyl (C=O) groups is 1. The number of benzene rings is 1. The smallest absolute Gasteiger partial charge is 0.266 e. The third-order valence-electron chi connectivity index (χ3n) is 4.20. The fraction of sp³-hybridized carbons (Fsp3) is 0.353. The van der Waals surface area contributed by atoms with Crippen LogP contribution in [-0.2, 0) is 19.9 Å². The zero-order valence-electron chi connectivity index (χ0n) is 13.5. The maximum absolute atomic E-state index is 13.7. The zero-order valence-corrected chi connectivity index (χ0v) is 13.5. The standard InChI is InChI=1S/C17H18FN3O3/c1-21-16(22)9-11-7-12(4-5-14(11)20-21)19-17(23)10-3-6-15(24-2)13(18)8-10/h3,6,8-9,12H,4-5,7H2,1-2H3,(H,19,23)/t12-/m1/s1. The quantitative estimate of drug-likeness (QED) is 0.918. The second kappa shape index (κ2) is 6.43. The molecule has 1 amide bonds. The molecule has 0 saturated heterocycles. The van der Waals surface area contributed by atoms with Crippen LogP contribution in [0.15, 0.2) is 29.1 Å². The second-order valence-corrected chi connectivity index (χ2v) is 5.84. The number of rotatable bonds is 3. The number of methoxy groups -OCH3 is 1. The topological polar surface area (TPSA) is 73.2 Å². The van der Waals surface area contributed by atoms with Crippen molar-refractivity contribution in [3.8, 4) is 5.75 Å². The van der Waals surface area contributed by atoms with Gasteiger partial charge in [-0.3, -0.25) is 9.59 Å². The lowest BCUT2D eigenvalue weighted by Gasteiger charge is -2.25. The molecule has 1 aliphatic carbocycles. The summed E-state index contributed by atoms with van der Waals surface area (Å²) in [5, 5.41) is 7.14. The van der Waals surface area contributed by atoms with E-state index >= 15 is 0 Å². The highest BCUT2D eigenvalue weighted by molar-refractivity contribution is 5.94. The van der Waals surface area contributed by atoms with Crippen molar-refractivity contribution in [2.45, 2.75) is 25.3 Å². The summed E-state index contributed by atoms with van der Waals surface area (Å²) in [6, 6.07) is 5.55. The van der Waals surface area contributed by atoms with Gasteiger partial charge in [-0.1, -0.05) is 0 Å². The SMILES string of the molecule is COc1ccc(C(=O)N[C@@H]2CCc3nn(C)c(=O)cc3C2)cc1F. The molecular weight excluding hydrogens is 313 g/mol. The van der Waals surface area contributed by atoms with E-state index in [4.69, 9.17) is 4.74 Å². The normalized spacial score (nSPS) is 16.4. The first-order chi connectivity index (χ1) is 11.5. The first kappa shape index (κ1) is 16.2. The Morgan fingerprint density at radius 1 is 1.42 bits per heavy atom. The molecule has 0 bridgehead atoms. The van der Waals surface area contributed by atoms with Crippen LogP contribution in [0.3, 0.4) is 0 Å². The number of aromatic nitrogens is 2. The molecule has 1 aromatic carbocycles. The Labute approximate surface area is 138 Å². The van der Waals surface area contributed by atoms with E-state index in [9.17, 15) is 14.0 Å². The summed E-state index contributed by atoms with van der Waals surface area (Å²) in [4.78, 5) is 24.0. The van der Waals surface area contributed by atoms with Crippen LogP contribution in [-0.4, -0.2) is 28.8 Å². The van der Waals surface area contributed by atoms with Gasteiger partial charge in [-0.15, -0.1) is 0 Å². The number of nitrogens with zero attached hydrogens (tertiary/aromatic N) is 2. The summed E-state index contributed by atoms with van der Waals surface area (Å²) in [6.07, 6.45) is 1.96. The van der Waals surface area contributed by atoms with Crippen LogP contribution in [0.2, 0.25) is 0 Å². The molecular formula is C17H18FN3O3. The molecule has 1 N–H and O–H groups in total. The molecule has 1 aliphatic rings. The van der Waals surface area contributed by atoms with Gasteiger partial charge in [0.25, 0.3) is 11.5 Å². The summed E-state index contributed by atoms with van der Waals surface area (Å²) in [5.74, 6) is -0.825. The molecule has 0 fully saturated rings. The number of amides is 1. The molecule has 7 heteroatoms. The van der Waals surface area contributed by atoms with E-state index in [2.05, 4.69) is 10.4 Å². The van der Waals surface area contributed by atoms with Crippen molar-refractivity contribution in [2.24, 2.45) is 7.05 Å². The van der Waals surface area contributed by atoms with E-state index in [0.29, 0.717) is 12.8 Å². The minimum atomic E-state index is -0.577. The number of nitrogens with one attached hydrogen (secondary N) is 1. The van der Waals surface area contributed by atoms with Crippen LogP contribution >= 0.6 is 0 Å². The van der Waals surface area contributed by atoms with Crippen molar-refractivity contribution in [3.05, 3.63) is 57.3 Å². The second-order valence-electron chi connectivity index (χ2n) is 5.84. The van der Waals surface area contributed by atoms with Crippen molar-refractivity contribution in [3.63, 3.8) is 0 Å². The first-order valence-electron chi connectivity index (χ1n) is 7.68. The highest BCUT2D eigenvalue weighted by Crippen LogP contribution is 2.20. The summed E-state index contributed by atoms with van der Waals surface area (Å²) in [6.45, 7) is 0. The molecule has 3 rings (SSSR count). The van der Waals surface area contributed by atoms with E-state index in [1.807, 2.05) is 0 Å². The Kier molecular flexibility index (Phi) is 4.33. The minimum Gasteiger partial charge on any atom is -0.494 e. The van der Waals surface area contributed by atoms with Crippen LogP contribution in [0.1, 0.15) is 28.0 Å². The molecule has 6 nitrogen and oxygen atoms in total. The number of hydrogen-bond donors (Lipinski definition) is 1. The monoisotopic (exact) mass is 331 g/mol. The average Bonchev–Trinajstić information content (AvgIpc) is 2.56. The third-order valence-corrected chi connectivity index (χ3v) is 4.20. The zero-order chi connectivity index (χ0) is 17.3. The number of fused-ring (bicyclic) bond motifs is 1. The van der Waals surface area contributed by atoms with E-state index in [1.54, 1.807) is 13.1 Å². The minimum absolute atomic E-state index is 0.0973. The summed E-state index contributed by atoms with van der Waals surface area (Å²) < 4.78 is 19.9. The van der Waals surface area contributed by atoms with Gasteiger partial charge in [0, 0.05) is 24.7 Å². The molecule has 0 radical (unpaired) electrons. The van der Waals surface area contributed by atoms with Gasteiger partial charge in [-0.25, -0.2) is 9.07 Å². The van der Waals surface area contributed by atoms with E-state index in [-0.39, 0.29) is 28.8 Å². The fourth-order valence-electron chi connectivity index (χ4n) is 2.89. The van der Waals surface area contributed by atoms with E-state index < -0.39 is 5.82 Å². The average molecular weight is 331 g/mol. The Bertz CT molecular complexity index is 847. The third kappa shape index (κ3) is 3.15. The van der Waals surface area contributed by atoms with Gasteiger partial charge < -0.3 is 10.1 Å². The highest BCUT2D eigenvalue weighted by atomic mass is 19.1. The first-order valence-corrected chi connectivity index (χ1v) is 7.68. The van der Waals surface area contributed by atoms with Crippen LogP contribution in [0, 0.1) is 5.82 Å². The maximum Gasteiger partial charge on any atom is 0.266 e. The van der Waals surface area contributed by atoms with Gasteiger partial charge in [0.1, 0.15) is 0 Å². The molecule has 1 atom stereocenters. The maximum atomic E-state index is 13.7. The lowest BCUT2D eigenvalue weighted by molar-refractivity contribution is 0.0933. The predicted molar refractivity (Wildman–Crippen MR) is 85.7 cm³/mol. The lowest BCUT2D eigenvalue weighted by Crippen LogP contribution is -2.40. The van der Waals surface area contributed by atoms with Crippen molar-refractivity contribution in [2.75, 3.05) is 7.11 Å². The van der Waals surface area contributed by atoms with Gasteiger partial charge >= 0.3 is 0 Å². The largest absolute Gasteiger partial charge is 0.494 e. The van der Waals surface area contributed by atoms with Gasteiger partial charge in [0.2, 0.25) is 0 Å². The number of aryl methyl sites for hydroxylation is 2. The highest BCUT2D eigenvalue weighted by Gasteiger charge is 2.23. The molecule has 0 unspecified atom stereocenters. The number of halogens is 1. The molecule has 0 saturated carbocycles. The molecule has 2 aromatic rings. The summed E-state index contributed by atoms with van der Waals surface area (Å²) >= 11 is 0. The van der Waals surface area contributed by atoms with Crippen molar-refractivity contribution >= 4 is 5.91 Å². The number of ether oxygens (including phenoxy) is 1. The summed E-state index contributed by atoms with van der Waals surface area (Å²) in [7, 11) is 2.99. The van der Waals surface area contributed by atoms with Crippen LogP contribution in [0.25, 0.3) is 0 Å². The Hall–Kier alpha value is -2.70. The summed E-state index contributed by atoms with van der Waals surface area (Å²) in [5.41, 5.74) is 1.81. The Morgan fingerprint density at radius 2 is 2.21 bits per heavy atom. The molecule has 1 aromatic heterocycles. The molecule has 24 heavy (non-hydrogen) atoms. The van der Waals surface area contributed by atoms with Gasteiger partial charge in [0.15, 0.2) is 11.6 Å². The van der Waals surface area contributed by atoms with Crippen LogP contribution < -0.4 is 15.6 Å². The van der Waals surface area contributed by atoms with Crippen molar-refractivity contribution in [1.29, 1.82) is 0 Å². The van der Waals surface area contributed by atoms with E-state index in [0.717, 1.165) is 23.7 Å². The molecule has 0 spiro atoms. The predicted octanol–water partition coefficient (Wildman–Crippen LogP) is 1.22. The van der Waals surface area contributed by atoms with Crippen molar-refractivity contribution < 1.29 is 13.9 Å². The molecule has 126 valence electrons. The van der Waals surface area contributed by atoms with Gasteiger partial charge in [-0.2, -0.15) is 5.10 Å². The van der Waals surface area contributed by atoms with Gasteiger partial charge in [0.05, 0.1) is 12.8 Å². The van der Waals surface area contributed by atoms with Crippen molar-refractivity contribution in [1.82, 2.24) is 15.1 Å². The van der Waals surface area contributed by atoms with E-state index in [1.165, 1.54) is 23.9 Å². The Morgan fingerprint density at radius 3 is 2.92 bits per heavy atom. The fourth-order valence-corrected chi connectivity index (χ4v) is 2.89. The molecule has 0 aliphatic heterocycles. The van der Waals surface area contributed by atoms with Crippen LogP contribution in [0.4, 0.5) is 4.39 Å².